The van der Waals surface area contributed by atoms with Gasteiger partial charge in [-0.25, -0.2) is 13.2 Å². The van der Waals surface area contributed by atoms with Gasteiger partial charge in [0.1, 0.15) is 6.23 Å². The van der Waals surface area contributed by atoms with Gasteiger partial charge in [-0.15, -0.1) is 0 Å². The van der Waals surface area contributed by atoms with E-state index in [1.807, 2.05) is 6.92 Å². The molecule has 1 aliphatic rings. The fraction of sp³-hybridized carbons (Fsp3) is 0.438. The first-order chi connectivity index (χ1) is 10.8. The van der Waals surface area contributed by atoms with Gasteiger partial charge in [0.25, 0.3) is 0 Å². The summed E-state index contributed by atoms with van der Waals surface area (Å²) in [7, 11) is -3.73. The maximum Gasteiger partial charge on any atom is 0.321 e. The summed E-state index contributed by atoms with van der Waals surface area (Å²) in [5, 5.41) is 5.21. The van der Waals surface area contributed by atoms with Crippen molar-refractivity contribution in [3.63, 3.8) is 0 Å². The number of benzene rings is 1. The number of hydrogen-bond acceptors (Lipinski definition) is 4. The molecule has 23 heavy (non-hydrogen) atoms. The van der Waals surface area contributed by atoms with Crippen LogP contribution in [0.1, 0.15) is 26.3 Å². The van der Waals surface area contributed by atoms with Crippen LogP contribution in [0.4, 0.5) is 4.79 Å². The van der Waals surface area contributed by atoms with Crippen LogP contribution < -0.4 is 10.6 Å². The maximum absolute atomic E-state index is 13.0. The van der Waals surface area contributed by atoms with Crippen LogP contribution >= 0.6 is 0 Å². The Hall–Kier alpha value is -1.86. The van der Waals surface area contributed by atoms with Gasteiger partial charge in [-0.1, -0.05) is 24.6 Å². The summed E-state index contributed by atoms with van der Waals surface area (Å²) in [6.45, 7) is 7.38. The van der Waals surface area contributed by atoms with Crippen LogP contribution in [-0.4, -0.2) is 27.3 Å². The highest BCUT2D eigenvalue weighted by Crippen LogP contribution is 2.31. The van der Waals surface area contributed by atoms with E-state index < -0.39 is 28.0 Å². The molecular weight excluding hydrogens is 316 g/mol. The molecule has 0 spiro atoms. The van der Waals surface area contributed by atoms with Gasteiger partial charge >= 0.3 is 6.03 Å². The number of urea groups is 1. The first-order valence-electron chi connectivity index (χ1n) is 7.49. The summed E-state index contributed by atoms with van der Waals surface area (Å²) < 4.78 is 31.6. The molecule has 0 saturated heterocycles. The highest BCUT2D eigenvalue weighted by Gasteiger charge is 2.36. The number of allylic oxidation sites excluding steroid dienone is 1. The summed E-state index contributed by atoms with van der Waals surface area (Å²) in [6.07, 6.45) is -0.701. The summed E-state index contributed by atoms with van der Waals surface area (Å²) >= 11 is 0. The van der Waals surface area contributed by atoms with E-state index >= 15 is 0 Å². The van der Waals surface area contributed by atoms with Crippen LogP contribution in [0.2, 0.25) is 0 Å². The Morgan fingerprint density at radius 2 is 1.78 bits per heavy atom. The highest BCUT2D eigenvalue weighted by atomic mass is 32.2. The molecule has 0 saturated carbocycles. The van der Waals surface area contributed by atoms with Crippen LogP contribution in [0.5, 0.6) is 0 Å². The molecule has 6 nitrogen and oxygen atoms in total. The number of ether oxygens (including phenoxy) is 1. The van der Waals surface area contributed by atoms with E-state index in [4.69, 9.17) is 4.74 Å². The summed E-state index contributed by atoms with van der Waals surface area (Å²) in [5.74, 6) is -0.514. The van der Waals surface area contributed by atoms with E-state index in [-0.39, 0.29) is 9.80 Å². The van der Waals surface area contributed by atoms with Crippen molar-refractivity contribution < 1.29 is 17.9 Å². The smallest absolute Gasteiger partial charge is 0.321 e. The molecule has 1 aromatic carbocycles. The second-order valence-electron chi connectivity index (χ2n) is 5.57. The number of amides is 2. The van der Waals surface area contributed by atoms with E-state index in [1.165, 1.54) is 0 Å². The average Bonchev–Trinajstić information content (AvgIpc) is 2.56. The quantitative estimate of drug-likeness (QED) is 0.882. The predicted octanol–water partition coefficient (Wildman–Crippen LogP) is 2.31. The van der Waals surface area contributed by atoms with Crippen molar-refractivity contribution in [1.82, 2.24) is 10.6 Å². The van der Waals surface area contributed by atoms with Crippen LogP contribution in [0.3, 0.4) is 0 Å². The first kappa shape index (κ1) is 17.5. The zero-order chi connectivity index (χ0) is 17.2. The number of aryl methyl sites for hydroxylation is 1. The standard InChI is InChI=1S/C16H22N2O4S/c1-5-22-15-11(3)14(12(4)17-16(19)18-15)23(20,21)13-8-6-10(2)7-9-13/h6-9,11,15H,5H2,1-4H3,(H2,17,18,19)/t11-,15-/m0/s1. The van der Waals surface area contributed by atoms with E-state index in [0.29, 0.717) is 12.3 Å². The van der Waals surface area contributed by atoms with Crippen molar-refractivity contribution in [3.05, 3.63) is 40.4 Å². The first-order valence-corrected chi connectivity index (χ1v) is 8.97. The normalized spacial score (nSPS) is 22.3. The molecule has 1 heterocycles. The van der Waals surface area contributed by atoms with Crippen molar-refractivity contribution in [2.75, 3.05) is 6.61 Å². The molecule has 0 unspecified atom stereocenters. The number of hydrogen-bond donors (Lipinski definition) is 2. The summed E-state index contributed by atoms with van der Waals surface area (Å²) in [4.78, 5) is 12.2. The second kappa shape index (κ2) is 6.72. The third-order valence-corrected chi connectivity index (χ3v) is 5.93. The van der Waals surface area contributed by atoms with Gasteiger partial charge in [0.15, 0.2) is 0 Å². The Kier molecular flexibility index (Phi) is 5.11. The number of sulfone groups is 1. The molecule has 1 aliphatic heterocycles. The van der Waals surface area contributed by atoms with Crippen LogP contribution in [0.25, 0.3) is 0 Å². The minimum atomic E-state index is -3.73. The van der Waals surface area contributed by atoms with Gasteiger partial charge in [-0.05, 0) is 32.9 Å². The van der Waals surface area contributed by atoms with Gasteiger partial charge in [-0.2, -0.15) is 0 Å². The lowest BCUT2D eigenvalue weighted by Gasteiger charge is -2.24. The molecule has 0 fully saturated rings. The molecule has 7 heteroatoms. The van der Waals surface area contributed by atoms with Gasteiger partial charge in [0.05, 0.1) is 9.80 Å². The monoisotopic (exact) mass is 338 g/mol. The third-order valence-electron chi connectivity index (χ3n) is 3.78. The Morgan fingerprint density at radius 3 is 2.35 bits per heavy atom. The molecule has 0 bridgehead atoms. The fourth-order valence-electron chi connectivity index (χ4n) is 2.66. The van der Waals surface area contributed by atoms with Crippen LogP contribution in [-0.2, 0) is 14.6 Å². The molecule has 0 aromatic heterocycles. The van der Waals surface area contributed by atoms with Crippen molar-refractivity contribution in [1.29, 1.82) is 0 Å². The van der Waals surface area contributed by atoms with Gasteiger partial charge in [-0.3, -0.25) is 0 Å². The fourth-order valence-corrected chi connectivity index (χ4v) is 4.47. The van der Waals surface area contributed by atoms with Crippen LogP contribution in [0, 0.1) is 12.8 Å². The molecular formula is C16H22N2O4S. The Bertz CT molecular complexity index is 723. The lowest BCUT2D eigenvalue weighted by molar-refractivity contribution is 0.0226. The second-order valence-corrected chi connectivity index (χ2v) is 7.49. The van der Waals surface area contributed by atoms with E-state index in [0.717, 1.165) is 5.56 Å². The lowest BCUT2D eigenvalue weighted by atomic mass is 10.1. The molecule has 0 radical (unpaired) electrons. The van der Waals surface area contributed by atoms with E-state index in [1.54, 1.807) is 45.0 Å². The Morgan fingerprint density at radius 1 is 1.17 bits per heavy atom. The molecule has 2 atom stereocenters. The van der Waals surface area contributed by atoms with Gasteiger partial charge in [0.2, 0.25) is 9.84 Å². The zero-order valence-corrected chi connectivity index (χ0v) is 14.5. The van der Waals surface area contributed by atoms with Crippen molar-refractivity contribution in [3.8, 4) is 0 Å². The predicted molar refractivity (Wildman–Crippen MR) is 87.3 cm³/mol. The van der Waals surface area contributed by atoms with Gasteiger partial charge < -0.3 is 15.4 Å². The Balaban J connectivity index is 2.53. The molecule has 0 aliphatic carbocycles. The minimum absolute atomic E-state index is 0.165. The van der Waals surface area contributed by atoms with E-state index in [9.17, 15) is 13.2 Å². The molecule has 2 rings (SSSR count). The number of carbonyl (C=O) groups is 1. The number of carbonyl (C=O) groups excluding carboxylic acids is 1. The molecule has 2 N–H and O–H groups in total. The van der Waals surface area contributed by atoms with E-state index in [2.05, 4.69) is 10.6 Å². The van der Waals surface area contributed by atoms with Gasteiger partial charge in [0, 0.05) is 18.2 Å². The molecule has 126 valence electrons. The van der Waals surface area contributed by atoms with Crippen molar-refractivity contribution in [2.45, 2.75) is 38.8 Å². The van der Waals surface area contributed by atoms with Crippen molar-refractivity contribution in [2.24, 2.45) is 5.92 Å². The van der Waals surface area contributed by atoms with Crippen molar-refractivity contribution >= 4 is 15.9 Å². The minimum Gasteiger partial charge on any atom is -0.358 e. The topological polar surface area (TPSA) is 84.5 Å². The summed E-state index contributed by atoms with van der Waals surface area (Å²) in [6, 6.07) is 6.19. The Labute approximate surface area is 136 Å². The SMILES string of the molecule is CCO[C@@H]1NC(=O)NC(C)=C(S(=O)(=O)c2ccc(C)cc2)[C@@H]1C. The average molecular weight is 338 g/mol. The zero-order valence-electron chi connectivity index (χ0n) is 13.7. The third kappa shape index (κ3) is 3.56. The largest absolute Gasteiger partial charge is 0.358 e. The number of rotatable bonds is 4. The summed E-state index contributed by atoms with van der Waals surface area (Å²) in [5.41, 5.74) is 1.29. The number of nitrogens with one attached hydrogen (secondary N) is 2. The molecule has 2 amide bonds. The highest BCUT2D eigenvalue weighted by molar-refractivity contribution is 7.95. The lowest BCUT2D eigenvalue weighted by Crippen LogP contribution is -2.43. The van der Waals surface area contributed by atoms with Crippen LogP contribution in [0.15, 0.2) is 39.8 Å². The molecule has 1 aromatic rings. The maximum atomic E-state index is 13.0.